The summed E-state index contributed by atoms with van der Waals surface area (Å²) in [6, 6.07) is 6.46. The van der Waals surface area contributed by atoms with E-state index in [4.69, 9.17) is 0 Å². The van der Waals surface area contributed by atoms with Crippen LogP contribution in [0.4, 0.5) is 0 Å². The van der Waals surface area contributed by atoms with Gasteiger partial charge in [-0.3, -0.25) is 0 Å². The molecular formula is C14H19BrN4. The van der Waals surface area contributed by atoms with Crippen LogP contribution in [-0.2, 0) is 6.42 Å². The van der Waals surface area contributed by atoms with Gasteiger partial charge in [-0.1, -0.05) is 28.1 Å². The molecule has 4 nitrogen and oxygen atoms in total. The van der Waals surface area contributed by atoms with Crippen molar-refractivity contribution in [3.8, 4) is 5.69 Å². The van der Waals surface area contributed by atoms with Crippen molar-refractivity contribution >= 4 is 15.9 Å². The first-order chi connectivity index (χ1) is 9.08. The standard InChI is InChI=1S/C14H19BrN4/c1-5-11-8-12(15)6-7-13(11)19-10(3)14(17-18-19)9(2)16-4/h6-9,16H,5H2,1-4H3. The van der Waals surface area contributed by atoms with E-state index in [9.17, 15) is 0 Å². The second kappa shape index (κ2) is 5.84. The number of nitrogens with one attached hydrogen (secondary N) is 1. The normalized spacial score (nSPS) is 12.7. The molecule has 0 spiro atoms. The van der Waals surface area contributed by atoms with Gasteiger partial charge in [0.15, 0.2) is 0 Å². The van der Waals surface area contributed by atoms with Gasteiger partial charge in [-0.05, 0) is 51.1 Å². The number of aromatic nitrogens is 3. The van der Waals surface area contributed by atoms with E-state index in [-0.39, 0.29) is 6.04 Å². The number of hydrogen-bond acceptors (Lipinski definition) is 3. The van der Waals surface area contributed by atoms with Crippen molar-refractivity contribution in [2.45, 2.75) is 33.2 Å². The number of benzene rings is 1. The van der Waals surface area contributed by atoms with Crippen LogP contribution in [0, 0.1) is 6.92 Å². The van der Waals surface area contributed by atoms with Crippen molar-refractivity contribution in [1.82, 2.24) is 20.3 Å². The average Bonchev–Trinajstić information content (AvgIpc) is 2.79. The van der Waals surface area contributed by atoms with Crippen LogP contribution < -0.4 is 5.32 Å². The summed E-state index contributed by atoms with van der Waals surface area (Å²) in [6.07, 6.45) is 0.963. The molecule has 1 aromatic carbocycles. The Balaban J connectivity index is 2.51. The van der Waals surface area contributed by atoms with Gasteiger partial charge in [0.05, 0.1) is 17.4 Å². The Bertz CT molecular complexity index is 577. The van der Waals surface area contributed by atoms with Gasteiger partial charge in [0.25, 0.3) is 0 Å². The lowest BCUT2D eigenvalue weighted by atomic mass is 10.1. The molecule has 0 saturated carbocycles. The predicted molar refractivity (Wildman–Crippen MR) is 80.6 cm³/mol. The first kappa shape index (κ1) is 14.2. The van der Waals surface area contributed by atoms with Crippen LogP contribution in [0.25, 0.3) is 5.69 Å². The summed E-state index contributed by atoms with van der Waals surface area (Å²) in [6.45, 7) is 6.29. The second-order valence-electron chi connectivity index (χ2n) is 4.61. The number of aryl methyl sites for hydroxylation is 1. The molecule has 5 heteroatoms. The van der Waals surface area contributed by atoms with Crippen molar-refractivity contribution in [2.24, 2.45) is 0 Å². The molecule has 1 atom stereocenters. The molecule has 1 unspecified atom stereocenters. The molecule has 2 rings (SSSR count). The molecule has 0 bridgehead atoms. The second-order valence-corrected chi connectivity index (χ2v) is 5.52. The molecule has 1 aromatic heterocycles. The Morgan fingerprint density at radius 3 is 2.79 bits per heavy atom. The molecule has 0 aliphatic carbocycles. The van der Waals surface area contributed by atoms with Crippen LogP contribution >= 0.6 is 15.9 Å². The molecule has 1 N–H and O–H groups in total. The third-order valence-electron chi connectivity index (χ3n) is 3.42. The molecule has 0 saturated heterocycles. The fraction of sp³-hybridized carbons (Fsp3) is 0.429. The Labute approximate surface area is 122 Å². The predicted octanol–water partition coefficient (Wildman–Crippen LogP) is 3.18. The average molecular weight is 323 g/mol. The van der Waals surface area contributed by atoms with Gasteiger partial charge in [-0.2, -0.15) is 0 Å². The van der Waals surface area contributed by atoms with Crippen LogP contribution in [0.3, 0.4) is 0 Å². The van der Waals surface area contributed by atoms with Gasteiger partial charge in [0, 0.05) is 4.47 Å². The van der Waals surface area contributed by atoms with E-state index in [1.807, 2.05) is 17.8 Å². The SMILES string of the molecule is CCc1cc(Br)ccc1-n1nnc(C(C)NC)c1C. The van der Waals surface area contributed by atoms with Gasteiger partial charge in [-0.25, -0.2) is 4.68 Å². The zero-order valence-corrected chi connectivity index (χ0v) is 13.3. The van der Waals surface area contributed by atoms with Crippen molar-refractivity contribution in [2.75, 3.05) is 7.05 Å². The summed E-state index contributed by atoms with van der Waals surface area (Å²) in [5.74, 6) is 0. The minimum atomic E-state index is 0.203. The van der Waals surface area contributed by atoms with E-state index in [0.29, 0.717) is 0 Å². The van der Waals surface area contributed by atoms with Crippen molar-refractivity contribution < 1.29 is 0 Å². The molecular weight excluding hydrogens is 304 g/mol. The first-order valence-electron chi connectivity index (χ1n) is 6.46. The highest BCUT2D eigenvalue weighted by Crippen LogP contribution is 2.23. The molecule has 0 aliphatic heterocycles. The van der Waals surface area contributed by atoms with Gasteiger partial charge >= 0.3 is 0 Å². The molecule has 0 amide bonds. The van der Waals surface area contributed by atoms with E-state index in [1.165, 1.54) is 5.56 Å². The molecule has 0 aliphatic rings. The largest absolute Gasteiger partial charge is 0.312 e. The van der Waals surface area contributed by atoms with Crippen molar-refractivity contribution in [3.05, 3.63) is 39.6 Å². The molecule has 0 fully saturated rings. The summed E-state index contributed by atoms with van der Waals surface area (Å²) >= 11 is 3.51. The van der Waals surface area contributed by atoms with Gasteiger partial charge < -0.3 is 5.32 Å². The lowest BCUT2D eigenvalue weighted by Gasteiger charge is -2.11. The summed E-state index contributed by atoms with van der Waals surface area (Å²) in [5, 5.41) is 11.8. The number of rotatable bonds is 4. The molecule has 1 heterocycles. The highest BCUT2D eigenvalue weighted by atomic mass is 79.9. The van der Waals surface area contributed by atoms with Crippen LogP contribution in [0.15, 0.2) is 22.7 Å². The molecule has 0 radical (unpaired) electrons. The maximum atomic E-state index is 4.30. The lowest BCUT2D eigenvalue weighted by Crippen LogP contribution is -2.14. The number of nitrogens with zero attached hydrogens (tertiary/aromatic N) is 3. The Morgan fingerprint density at radius 1 is 1.42 bits per heavy atom. The highest BCUT2D eigenvalue weighted by Gasteiger charge is 2.16. The third-order valence-corrected chi connectivity index (χ3v) is 3.92. The van der Waals surface area contributed by atoms with Crippen LogP contribution in [0.1, 0.15) is 36.8 Å². The lowest BCUT2D eigenvalue weighted by molar-refractivity contribution is 0.627. The Morgan fingerprint density at radius 2 is 2.16 bits per heavy atom. The molecule has 19 heavy (non-hydrogen) atoms. The summed E-state index contributed by atoms with van der Waals surface area (Å²) in [7, 11) is 1.93. The zero-order valence-electron chi connectivity index (χ0n) is 11.7. The van der Waals surface area contributed by atoms with Crippen LogP contribution in [0.2, 0.25) is 0 Å². The topological polar surface area (TPSA) is 42.7 Å². The summed E-state index contributed by atoms with van der Waals surface area (Å²) < 4.78 is 3.02. The smallest absolute Gasteiger partial charge is 0.103 e. The minimum Gasteiger partial charge on any atom is -0.312 e. The minimum absolute atomic E-state index is 0.203. The van der Waals surface area contributed by atoms with Gasteiger partial charge in [0.2, 0.25) is 0 Å². The fourth-order valence-electron chi connectivity index (χ4n) is 2.15. The summed E-state index contributed by atoms with van der Waals surface area (Å²) in [4.78, 5) is 0. The maximum Gasteiger partial charge on any atom is 0.103 e. The Kier molecular flexibility index (Phi) is 4.37. The van der Waals surface area contributed by atoms with E-state index in [2.05, 4.69) is 64.5 Å². The monoisotopic (exact) mass is 322 g/mol. The quantitative estimate of drug-likeness (QED) is 0.940. The van der Waals surface area contributed by atoms with Crippen LogP contribution in [-0.4, -0.2) is 22.0 Å². The third kappa shape index (κ3) is 2.72. The van der Waals surface area contributed by atoms with E-state index < -0.39 is 0 Å². The number of halogens is 1. The fourth-order valence-corrected chi connectivity index (χ4v) is 2.56. The molecule has 102 valence electrons. The van der Waals surface area contributed by atoms with E-state index in [1.54, 1.807) is 0 Å². The number of hydrogen-bond donors (Lipinski definition) is 1. The molecule has 2 aromatic rings. The van der Waals surface area contributed by atoms with E-state index >= 15 is 0 Å². The highest BCUT2D eigenvalue weighted by molar-refractivity contribution is 9.10. The van der Waals surface area contributed by atoms with E-state index in [0.717, 1.165) is 28.0 Å². The maximum absolute atomic E-state index is 4.30. The Hall–Kier alpha value is -1.20. The van der Waals surface area contributed by atoms with Gasteiger partial charge in [-0.15, -0.1) is 5.10 Å². The van der Waals surface area contributed by atoms with Crippen LogP contribution in [0.5, 0.6) is 0 Å². The zero-order chi connectivity index (χ0) is 14.0. The summed E-state index contributed by atoms with van der Waals surface area (Å²) in [5.41, 5.74) is 4.43. The van der Waals surface area contributed by atoms with Gasteiger partial charge in [0.1, 0.15) is 5.69 Å². The van der Waals surface area contributed by atoms with Crippen molar-refractivity contribution in [3.63, 3.8) is 0 Å². The first-order valence-corrected chi connectivity index (χ1v) is 7.26. The van der Waals surface area contributed by atoms with Crippen molar-refractivity contribution in [1.29, 1.82) is 0 Å².